The highest BCUT2D eigenvalue weighted by Crippen LogP contribution is 2.34. The predicted octanol–water partition coefficient (Wildman–Crippen LogP) is 6.97. The first-order valence-electron chi connectivity index (χ1n) is 10.2. The van der Waals surface area contributed by atoms with E-state index in [9.17, 15) is 13.2 Å². The standard InChI is InChI=1S/C18H22F3N3.2C2H6/c1-12(2)24-11-16(18(19,20)21)22-17(24)14-8-6-13(7-9-14)15-5-4-10-23(15)3;2*1-2/h6-9,11-12,15H,4-5,10H2,1-3H3;2*1-2H3. The van der Waals surface area contributed by atoms with E-state index >= 15 is 0 Å². The lowest BCUT2D eigenvalue weighted by atomic mass is 10.0. The summed E-state index contributed by atoms with van der Waals surface area (Å²) >= 11 is 0. The van der Waals surface area contributed by atoms with Gasteiger partial charge in [0.25, 0.3) is 0 Å². The molecule has 0 aliphatic carbocycles. The van der Waals surface area contributed by atoms with E-state index in [4.69, 9.17) is 0 Å². The number of halogens is 3. The maximum absolute atomic E-state index is 13.0. The minimum absolute atomic E-state index is 0.0933. The maximum atomic E-state index is 13.0. The molecule has 1 atom stereocenters. The Kier molecular flexibility index (Phi) is 9.21. The number of imidazole rings is 1. The zero-order valence-corrected chi connectivity index (χ0v) is 18.1. The molecular formula is C22H34F3N3. The number of hydrogen-bond acceptors (Lipinski definition) is 2. The second-order valence-electron chi connectivity index (χ2n) is 6.71. The molecule has 0 bridgehead atoms. The normalized spacial score (nSPS) is 17.0. The van der Waals surface area contributed by atoms with Crippen molar-refractivity contribution in [2.45, 2.75) is 72.6 Å². The second-order valence-corrected chi connectivity index (χ2v) is 6.71. The molecular weight excluding hydrogens is 363 g/mol. The average Bonchev–Trinajstić information content (AvgIpc) is 3.32. The molecule has 0 amide bonds. The van der Waals surface area contributed by atoms with Crippen LogP contribution in [0.1, 0.15) is 77.7 Å². The Morgan fingerprint density at radius 2 is 1.61 bits per heavy atom. The van der Waals surface area contributed by atoms with Crippen LogP contribution in [-0.2, 0) is 6.18 Å². The molecule has 1 saturated heterocycles. The zero-order chi connectivity index (χ0) is 21.5. The van der Waals surface area contributed by atoms with Crippen molar-refractivity contribution in [1.82, 2.24) is 14.5 Å². The Labute approximate surface area is 167 Å². The van der Waals surface area contributed by atoms with Gasteiger partial charge < -0.3 is 4.57 Å². The van der Waals surface area contributed by atoms with Gasteiger partial charge in [-0.3, -0.25) is 4.90 Å². The van der Waals surface area contributed by atoms with Gasteiger partial charge in [0.05, 0.1) is 0 Å². The molecule has 0 radical (unpaired) electrons. The second kappa shape index (κ2) is 10.6. The highest BCUT2D eigenvalue weighted by molar-refractivity contribution is 5.57. The van der Waals surface area contributed by atoms with Crippen LogP contribution in [0.15, 0.2) is 30.5 Å². The molecule has 2 aromatic rings. The number of alkyl halides is 3. The molecule has 0 saturated carbocycles. The van der Waals surface area contributed by atoms with Crippen LogP contribution in [0.4, 0.5) is 13.2 Å². The molecule has 28 heavy (non-hydrogen) atoms. The molecule has 1 aromatic heterocycles. The number of rotatable bonds is 3. The number of likely N-dealkylation sites (tertiary alicyclic amines) is 1. The van der Waals surface area contributed by atoms with E-state index in [1.807, 2.05) is 65.8 Å². The molecule has 1 unspecified atom stereocenters. The van der Waals surface area contributed by atoms with E-state index in [0.717, 1.165) is 19.2 Å². The van der Waals surface area contributed by atoms with Gasteiger partial charge in [0.15, 0.2) is 5.69 Å². The highest BCUT2D eigenvalue weighted by atomic mass is 19.4. The molecule has 1 aromatic carbocycles. The molecule has 6 heteroatoms. The number of aromatic nitrogens is 2. The highest BCUT2D eigenvalue weighted by Gasteiger charge is 2.35. The van der Waals surface area contributed by atoms with Gasteiger partial charge in [-0.05, 0) is 45.8 Å². The zero-order valence-electron chi connectivity index (χ0n) is 18.1. The van der Waals surface area contributed by atoms with Crippen LogP contribution in [0.3, 0.4) is 0 Å². The van der Waals surface area contributed by atoms with Gasteiger partial charge in [0, 0.05) is 23.8 Å². The number of nitrogens with zero attached hydrogens (tertiary/aromatic N) is 3. The molecule has 1 aliphatic rings. The third-order valence-corrected chi connectivity index (χ3v) is 4.65. The van der Waals surface area contributed by atoms with Gasteiger partial charge in [0.2, 0.25) is 0 Å². The molecule has 158 valence electrons. The van der Waals surface area contributed by atoms with Crippen molar-refractivity contribution in [2.24, 2.45) is 0 Å². The van der Waals surface area contributed by atoms with Crippen LogP contribution in [0.25, 0.3) is 11.4 Å². The first-order valence-corrected chi connectivity index (χ1v) is 10.2. The van der Waals surface area contributed by atoms with Crippen LogP contribution < -0.4 is 0 Å². The van der Waals surface area contributed by atoms with Gasteiger partial charge >= 0.3 is 6.18 Å². The Balaban J connectivity index is 0.000000921. The lowest BCUT2D eigenvalue weighted by Crippen LogP contribution is -2.17. The Hall–Kier alpha value is -1.82. The van der Waals surface area contributed by atoms with Gasteiger partial charge in [-0.15, -0.1) is 0 Å². The number of hydrogen-bond donors (Lipinski definition) is 0. The summed E-state index contributed by atoms with van der Waals surface area (Å²) in [6.07, 6.45) is -1.04. The van der Waals surface area contributed by atoms with Crippen molar-refractivity contribution in [3.8, 4) is 11.4 Å². The van der Waals surface area contributed by atoms with E-state index in [2.05, 4.69) is 16.9 Å². The summed E-state index contributed by atoms with van der Waals surface area (Å²) in [7, 11) is 2.10. The minimum atomic E-state index is -4.43. The van der Waals surface area contributed by atoms with E-state index in [-0.39, 0.29) is 6.04 Å². The van der Waals surface area contributed by atoms with Crippen LogP contribution in [0.2, 0.25) is 0 Å². The van der Waals surface area contributed by atoms with Crippen molar-refractivity contribution < 1.29 is 13.2 Å². The fourth-order valence-electron chi connectivity index (χ4n) is 3.32. The third kappa shape index (κ3) is 5.60. The van der Waals surface area contributed by atoms with Gasteiger partial charge in [-0.2, -0.15) is 13.2 Å². The topological polar surface area (TPSA) is 21.1 Å². The van der Waals surface area contributed by atoms with Crippen molar-refractivity contribution in [1.29, 1.82) is 0 Å². The summed E-state index contributed by atoms with van der Waals surface area (Å²) in [5, 5.41) is 0. The molecule has 0 spiro atoms. The lowest BCUT2D eigenvalue weighted by Gasteiger charge is -2.20. The smallest absolute Gasteiger partial charge is 0.328 e. The van der Waals surface area contributed by atoms with Crippen LogP contribution in [0.5, 0.6) is 0 Å². The predicted molar refractivity (Wildman–Crippen MR) is 110 cm³/mol. The van der Waals surface area contributed by atoms with Crippen molar-refractivity contribution in [3.63, 3.8) is 0 Å². The fourth-order valence-corrected chi connectivity index (χ4v) is 3.32. The van der Waals surface area contributed by atoms with Gasteiger partial charge in [0.1, 0.15) is 5.82 Å². The van der Waals surface area contributed by atoms with Crippen LogP contribution >= 0.6 is 0 Å². The summed E-state index contributed by atoms with van der Waals surface area (Å²) in [4.78, 5) is 6.15. The van der Waals surface area contributed by atoms with Crippen LogP contribution in [-0.4, -0.2) is 28.0 Å². The van der Waals surface area contributed by atoms with E-state index in [0.29, 0.717) is 17.4 Å². The lowest BCUT2D eigenvalue weighted by molar-refractivity contribution is -0.140. The summed E-state index contributed by atoms with van der Waals surface area (Å²) in [6, 6.07) is 8.08. The third-order valence-electron chi connectivity index (χ3n) is 4.65. The molecule has 1 fully saturated rings. The van der Waals surface area contributed by atoms with Gasteiger partial charge in [-0.25, -0.2) is 4.98 Å². The quantitative estimate of drug-likeness (QED) is 0.558. The average molecular weight is 398 g/mol. The summed E-state index contributed by atoms with van der Waals surface area (Å²) in [5.74, 6) is 0.364. The van der Waals surface area contributed by atoms with Crippen molar-refractivity contribution >= 4 is 0 Å². The van der Waals surface area contributed by atoms with Crippen molar-refractivity contribution in [3.05, 3.63) is 41.7 Å². The molecule has 3 rings (SSSR count). The van der Waals surface area contributed by atoms with E-state index < -0.39 is 11.9 Å². The van der Waals surface area contributed by atoms with E-state index in [1.54, 1.807) is 4.57 Å². The Morgan fingerprint density at radius 1 is 1.04 bits per heavy atom. The first kappa shape index (κ1) is 24.2. The van der Waals surface area contributed by atoms with Gasteiger partial charge in [-0.1, -0.05) is 52.0 Å². The first-order chi connectivity index (χ1) is 13.3. The summed E-state index contributed by atoms with van der Waals surface area (Å²) in [5.41, 5.74) is 1.08. The SMILES string of the molecule is CC.CC.CC(C)n1cc(C(F)(F)F)nc1-c1ccc(C2CCCN2C)cc1. The van der Waals surface area contributed by atoms with Crippen LogP contribution in [0, 0.1) is 0 Å². The summed E-state index contributed by atoms with van der Waals surface area (Å²) in [6.45, 7) is 12.8. The Morgan fingerprint density at radius 3 is 2.04 bits per heavy atom. The molecule has 1 aliphatic heterocycles. The number of benzene rings is 1. The molecule has 2 heterocycles. The largest absolute Gasteiger partial charge is 0.434 e. The van der Waals surface area contributed by atoms with E-state index in [1.165, 1.54) is 12.0 Å². The molecule has 3 nitrogen and oxygen atoms in total. The summed E-state index contributed by atoms with van der Waals surface area (Å²) < 4.78 is 40.6. The minimum Gasteiger partial charge on any atom is -0.328 e. The monoisotopic (exact) mass is 397 g/mol. The fraction of sp³-hybridized carbons (Fsp3) is 0.591. The molecule has 0 N–H and O–H groups in total. The maximum Gasteiger partial charge on any atom is 0.434 e. The van der Waals surface area contributed by atoms with Crippen molar-refractivity contribution in [2.75, 3.05) is 13.6 Å². The Bertz CT molecular complexity index is 703.